The molecule has 4 nitrogen and oxygen atoms in total. The van der Waals surface area contributed by atoms with Gasteiger partial charge < -0.3 is 6.15 Å². The van der Waals surface area contributed by atoms with Crippen LogP contribution in [0.1, 0.15) is 187 Å². The average molecular weight is 584 g/mol. The summed E-state index contributed by atoms with van der Waals surface area (Å²) in [5, 5.41) is -1.27. The van der Waals surface area contributed by atoms with E-state index in [0.29, 0.717) is 19.3 Å². The van der Waals surface area contributed by atoms with Crippen LogP contribution >= 0.6 is 0 Å². The maximum atomic E-state index is 14.6. The Balaban J connectivity index is 0. The lowest BCUT2D eigenvalue weighted by atomic mass is 10.0. The number of hydrogen-bond donors (Lipinski definition) is 2. The van der Waals surface area contributed by atoms with E-state index >= 15 is 0 Å². The molecule has 0 saturated carbocycles. The zero-order chi connectivity index (χ0) is 28.2. The van der Waals surface area contributed by atoms with Crippen LogP contribution in [-0.4, -0.2) is 31.1 Å². The van der Waals surface area contributed by atoms with E-state index < -0.39 is 21.5 Å². The van der Waals surface area contributed by atoms with Crippen molar-refractivity contribution in [3.63, 3.8) is 0 Å². The van der Waals surface area contributed by atoms with Crippen molar-refractivity contribution in [2.24, 2.45) is 0 Å². The van der Waals surface area contributed by atoms with Crippen molar-refractivity contribution in [2.75, 3.05) is 6.67 Å². The molecule has 0 aromatic rings. The van der Waals surface area contributed by atoms with Crippen molar-refractivity contribution >= 4 is 10.1 Å². The third-order valence-corrected chi connectivity index (χ3v) is 9.29. The second-order valence-electron chi connectivity index (χ2n) is 11.7. The number of unbranched alkanes of at least 4 members (excludes halogenated alkanes) is 24. The lowest BCUT2D eigenvalue weighted by molar-refractivity contribution is 0.271. The van der Waals surface area contributed by atoms with Crippen LogP contribution in [0.4, 0.5) is 8.78 Å². The molecule has 2 unspecified atom stereocenters. The predicted molar refractivity (Wildman–Crippen MR) is 166 cm³/mol. The van der Waals surface area contributed by atoms with E-state index in [1.807, 2.05) is 0 Å². The Morgan fingerprint density at radius 2 is 0.795 bits per heavy atom. The zero-order valence-electron chi connectivity index (χ0n) is 25.8. The van der Waals surface area contributed by atoms with Gasteiger partial charge in [0.15, 0.2) is 0 Å². The molecule has 0 heterocycles. The van der Waals surface area contributed by atoms with E-state index in [9.17, 15) is 21.8 Å². The first kappa shape index (κ1) is 40.9. The summed E-state index contributed by atoms with van der Waals surface area (Å²) in [6, 6.07) is 0. The lowest BCUT2D eigenvalue weighted by Gasteiger charge is -2.18. The van der Waals surface area contributed by atoms with Crippen LogP contribution in [0.25, 0.3) is 0 Å². The average Bonchev–Trinajstić information content (AvgIpc) is 2.88. The topological polar surface area (TPSA) is 89.4 Å². The third kappa shape index (κ3) is 29.0. The fraction of sp³-hybridized carbons (Fsp3) is 1.00. The molecule has 0 fully saturated rings. The largest absolute Gasteiger partial charge is 0.344 e. The molecule has 0 aliphatic heterocycles. The SMILES string of the molecule is CCCCCCCCCCCCCCCCCCCCC(C(F)CCCCCCCCCCF)S(=O)(=O)O.N. The molecule has 238 valence electrons. The normalized spacial score (nSPS) is 13.3. The molecule has 0 aromatic heterocycles. The summed E-state index contributed by atoms with van der Waals surface area (Å²) in [6.45, 7) is 2.02. The first-order valence-electron chi connectivity index (χ1n) is 16.6. The summed E-state index contributed by atoms with van der Waals surface area (Å²) < 4.78 is 59.7. The molecule has 0 radical (unpaired) electrons. The summed E-state index contributed by atoms with van der Waals surface area (Å²) in [7, 11) is -4.35. The molecular formula is C32H67F2NO3S. The van der Waals surface area contributed by atoms with Gasteiger partial charge in [0.2, 0.25) is 0 Å². The highest BCUT2D eigenvalue weighted by atomic mass is 32.2. The molecular weight excluding hydrogens is 516 g/mol. The predicted octanol–water partition coefficient (Wildman–Crippen LogP) is 11.7. The van der Waals surface area contributed by atoms with Crippen LogP contribution < -0.4 is 6.15 Å². The maximum absolute atomic E-state index is 14.6. The minimum absolute atomic E-state index is 0. The van der Waals surface area contributed by atoms with E-state index in [4.69, 9.17) is 0 Å². The molecule has 39 heavy (non-hydrogen) atoms. The highest BCUT2D eigenvalue weighted by Crippen LogP contribution is 2.23. The fourth-order valence-corrected chi connectivity index (χ4v) is 6.42. The van der Waals surface area contributed by atoms with E-state index in [-0.39, 0.29) is 25.7 Å². The monoisotopic (exact) mass is 583 g/mol. The molecule has 0 aromatic carbocycles. The highest BCUT2D eigenvalue weighted by molar-refractivity contribution is 7.86. The summed E-state index contributed by atoms with van der Waals surface area (Å²) >= 11 is 0. The number of hydrogen-bond acceptors (Lipinski definition) is 3. The van der Waals surface area contributed by atoms with E-state index in [0.717, 1.165) is 57.8 Å². The summed E-state index contributed by atoms with van der Waals surface area (Å²) in [5.74, 6) is 0. The Labute approximate surface area is 242 Å². The Morgan fingerprint density at radius 3 is 1.10 bits per heavy atom. The van der Waals surface area contributed by atoms with Crippen LogP contribution in [0.3, 0.4) is 0 Å². The van der Waals surface area contributed by atoms with Crippen LogP contribution in [0, 0.1) is 0 Å². The summed E-state index contributed by atoms with van der Waals surface area (Å²) in [6.07, 6.45) is 29.0. The van der Waals surface area contributed by atoms with Gasteiger partial charge in [-0.1, -0.05) is 167 Å². The molecule has 2 atom stereocenters. The van der Waals surface area contributed by atoms with Crippen molar-refractivity contribution in [3.8, 4) is 0 Å². The minimum Gasteiger partial charge on any atom is -0.344 e. The molecule has 7 heteroatoms. The molecule has 0 amide bonds. The van der Waals surface area contributed by atoms with E-state index in [2.05, 4.69) is 6.92 Å². The van der Waals surface area contributed by atoms with Gasteiger partial charge in [-0.15, -0.1) is 0 Å². The zero-order valence-corrected chi connectivity index (χ0v) is 26.6. The quantitative estimate of drug-likeness (QED) is 0.0627. The first-order valence-corrected chi connectivity index (χ1v) is 18.1. The summed E-state index contributed by atoms with van der Waals surface area (Å²) in [5.41, 5.74) is 0. The van der Waals surface area contributed by atoms with Gasteiger partial charge in [0.1, 0.15) is 11.4 Å². The lowest BCUT2D eigenvalue weighted by Crippen LogP contribution is -2.31. The number of halogens is 2. The Kier molecular flexibility index (Phi) is 32.2. The molecule has 0 aliphatic carbocycles. The Hall–Kier alpha value is -0.270. The second kappa shape index (κ2) is 30.7. The van der Waals surface area contributed by atoms with E-state index in [1.165, 1.54) is 89.9 Å². The molecule has 0 spiro atoms. The van der Waals surface area contributed by atoms with Gasteiger partial charge in [-0.2, -0.15) is 8.42 Å². The van der Waals surface area contributed by atoms with Crippen molar-refractivity contribution < 1.29 is 21.8 Å². The maximum Gasteiger partial charge on any atom is 0.270 e. The Bertz CT molecular complexity index is 578. The van der Waals surface area contributed by atoms with Crippen molar-refractivity contribution in [2.45, 2.75) is 198 Å². The third-order valence-electron chi connectivity index (χ3n) is 7.99. The van der Waals surface area contributed by atoms with Gasteiger partial charge in [-0.05, 0) is 19.3 Å². The summed E-state index contributed by atoms with van der Waals surface area (Å²) in [4.78, 5) is 0. The standard InChI is InChI=1S/C32H64F2O3S.H3N/c1-2-3-4-5-6-7-8-9-10-11-12-13-14-15-16-20-23-26-29-32(38(35,36)37)31(34)28-25-22-19-17-18-21-24-27-30-33;/h31-32H,2-30H2,1H3,(H,35,36,37);1H3. The number of alkyl halides is 2. The van der Waals surface area contributed by atoms with Gasteiger partial charge in [-0.3, -0.25) is 8.94 Å². The van der Waals surface area contributed by atoms with Crippen molar-refractivity contribution in [1.29, 1.82) is 0 Å². The minimum atomic E-state index is -4.35. The van der Waals surface area contributed by atoms with Crippen LogP contribution in [-0.2, 0) is 10.1 Å². The van der Waals surface area contributed by atoms with Gasteiger partial charge in [0.25, 0.3) is 10.1 Å². The van der Waals surface area contributed by atoms with Crippen LogP contribution in [0.5, 0.6) is 0 Å². The molecule has 0 rings (SSSR count). The molecule has 0 bridgehead atoms. The van der Waals surface area contributed by atoms with Gasteiger partial charge >= 0.3 is 0 Å². The second-order valence-corrected chi connectivity index (χ2v) is 13.3. The highest BCUT2D eigenvalue weighted by Gasteiger charge is 2.31. The molecule has 0 saturated heterocycles. The van der Waals surface area contributed by atoms with Crippen molar-refractivity contribution in [3.05, 3.63) is 0 Å². The van der Waals surface area contributed by atoms with Gasteiger partial charge in [-0.25, -0.2) is 4.39 Å². The van der Waals surface area contributed by atoms with E-state index in [1.54, 1.807) is 0 Å². The van der Waals surface area contributed by atoms with Gasteiger partial charge in [0.05, 0.1) is 6.67 Å². The fourth-order valence-electron chi connectivity index (χ4n) is 5.44. The first-order chi connectivity index (χ1) is 18.4. The Morgan fingerprint density at radius 1 is 0.513 bits per heavy atom. The number of rotatable bonds is 31. The van der Waals surface area contributed by atoms with Crippen LogP contribution in [0.2, 0.25) is 0 Å². The molecule has 4 N–H and O–H groups in total. The van der Waals surface area contributed by atoms with Crippen molar-refractivity contribution in [1.82, 2.24) is 6.15 Å². The van der Waals surface area contributed by atoms with Gasteiger partial charge in [0, 0.05) is 0 Å². The smallest absolute Gasteiger partial charge is 0.270 e. The molecule has 0 aliphatic rings. The van der Waals surface area contributed by atoms with Crippen LogP contribution in [0.15, 0.2) is 0 Å².